The molecule has 1 aliphatic heterocycles. The normalized spacial score (nSPS) is 18.6. The highest BCUT2D eigenvalue weighted by Gasteiger charge is 2.39. The third-order valence-electron chi connectivity index (χ3n) is 3.88. The molecule has 1 heterocycles. The number of hydrogen-bond donors (Lipinski definition) is 2. The Morgan fingerprint density at radius 1 is 1.35 bits per heavy atom. The standard InChI is InChI=1S/C15H20N2O3/c1-15(2,9-16)14(20)17-8-11-6-4-3-5-10(11)7-12(17)13(18)19/h3-6,12H,7-9,16H2,1-2H3,(H,18,19)/t12-/m0/s1. The van der Waals surface area contributed by atoms with E-state index in [-0.39, 0.29) is 12.5 Å². The van der Waals surface area contributed by atoms with Gasteiger partial charge in [-0.3, -0.25) is 4.79 Å². The van der Waals surface area contributed by atoms with Crippen molar-refractivity contribution < 1.29 is 14.7 Å². The van der Waals surface area contributed by atoms with Crippen LogP contribution in [0.15, 0.2) is 24.3 Å². The van der Waals surface area contributed by atoms with Crippen molar-refractivity contribution in [2.45, 2.75) is 32.9 Å². The maximum atomic E-state index is 12.6. The molecule has 108 valence electrons. The van der Waals surface area contributed by atoms with Crippen LogP contribution in [0.5, 0.6) is 0 Å². The van der Waals surface area contributed by atoms with Crippen molar-refractivity contribution >= 4 is 11.9 Å². The van der Waals surface area contributed by atoms with Gasteiger partial charge in [0.25, 0.3) is 0 Å². The lowest BCUT2D eigenvalue weighted by Gasteiger charge is -2.38. The Morgan fingerprint density at radius 3 is 2.50 bits per heavy atom. The van der Waals surface area contributed by atoms with Gasteiger partial charge in [0.1, 0.15) is 6.04 Å². The molecule has 1 amide bonds. The van der Waals surface area contributed by atoms with Gasteiger partial charge in [0.2, 0.25) is 5.91 Å². The second-order valence-electron chi connectivity index (χ2n) is 5.85. The number of carbonyl (C=O) groups is 2. The highest BCUT2D eigenvalue weighted by atomic mass is 16.4. The number of nitrogens with two attached hydrogens (primary N) is 1. The summed E-state index contributed by atoms with van der Waals surface area (Å²) in [4.78, 5) is 25.5. The van der Waals surface area contributed by atoms with Crippen LogP contribution in [0.25, 0.3) is 0 Å². The van der Waals surface area contributed by atoms with Crippen LogP contribution >= 0.6 is 0 Å². The molecule has 0 radical (unpaired) electrons. The number of rotatable bonds is 3. The average Bonchev–Trinajstić information content (AvgIpc) is 2.44. The Labute approximate surface area is 118 Å². The van der Waals surface area contributed by atoms with Crippen LogP contribution in [-0.2, 0) is 22.6 Å². The first-order valence-corrected chi connectivity index (χ1v) is 6.67. The molecule has 0 fully saturated rings. The summed E-state index contributed by atoms with van der Waals surface area (Å²) in [7, 11) is 0. The summed E-state index contributed by atoms with van der Waals surface area (Å²) in [6.45, 7) is 4.01. The first kappa shape index (κ1) is 14.5. The van der Waals surface area contributed by atoms with Crippen LogP contribution in [0.3, 0.4) is 0 Å². The lowest BCUT2D eigenvalue weighted by atomic mass is 9.87. The van der Waals surface area contributed by atoms with Crippen molar-refractivity contribution in [2.24, 2.45) is 11.1 Å². The van der Waals surface area contributed by atoms with Gasteiger partial charge < -0.3 is 15.7 Å². The topological polar surface area (TPSA) is 83.6 Å². The largest absolute Gasteiger partial charge is 0.480 e. The van der Waals surface area contributed by atoms with E-state index in [1.54, 1.807) is 13.8 Å². The Morgan fingerprint density at radius 2 is 1.95 bits per heavy atom. The van der Waals surface area contributed by atoms with Crippen LogP contribution in [0, 0.1) is 5.41 Å². The van der Waals surface area contributed by atoms with E-state index in [0.29, 0.717) is 13.0 Å². The third kappa shape index (κ3) is 2.54. The van der Waals surface area contributed by atoms with Gasteiger partial charge in [-0.15, -0.1) is 0 Å². The highest BCUT2D eigenvalue weighted by molar-refractivity contribution is 5.88. The molecule has 5 heteroatoms. The van der Waals surface area contributed by atoms with E-state index in [4.69, 9.17) is 5.73 Å². The minimum Gasteiger partial charge on any atom is -0.480 e. The first-order valence-electron chi connectivity index (χ1n) is 6.67. The molecule has 0 bridgehead atoms. The van der Waals surface area contributed by atoms with E-state index in [1.807, 2.05) is 24.3 Å². The van der Waals surface area contributed by atoms with E-state index in [1.165, 1.54) is 4.90 Å². The molecule has 0 unspecified atom stereocenters. The number of aliphatic carboxylic acids is 1. The van der Waals surface area contributed by atoms with Crippen LogP contribution in [-0.4, -0.2) is 34.5 Å². The third-order valence-corrected chi connectivity index (χ3v) is 3.88. The molecule has 20 heavy (non-hydrogen) atoms. The molecule has 2 rings (SSSR count). The molecule has 1 aliphatic rings. The van der Waals surface area contributed by atoms with Gasteiger partial charge in [0.05, 0.1) is 5.41 Å². The van der Waals surface area contributed by atoms with Crippen molar-refractivity contribution in [1.29, 1.82) is 0 Å². The van der Waals surface area contributed by atoms with Gasteiger partial charge in [-0.25, -0.2) is 4.79 Å². The zero-order valence-electron chi connectivity index (χ0n) is 11.8. The molecule has 1 atom stereocenters. The van der Waals surface area contributed by atoms with Gasteiger partial charge in [0.15, 0.2) is 0 Å². The zero-order chi connectivity index (χ0) is 14.9. The first-order chi connectivity index (χ1) is 9.36. The molecule has 1 aromatic rings. The van der Waals surface area contributed by atoms with Crippen LogP contribution in [0.2, 0.25) is 0 Å². The number of benzene rings is 1. The van der Waals surface area contributed by atoms with Crippen LogP contribution < -0.4 is 5.73 Å². The van der Waals surface area contributed by atoms with E-state index < -0.39 is 17.4 Å². The monoisotopic (exact) mass is 276 g/mol. The van der Waals surface area contributed by atoms with Crippen molar-refractivity contribution in [2.75, 3.05) is 6.54 Å². The van der Waals surface area contributed by atoms with Crippen LogP contribution in [0.4, 0.5) is 0 Å². The summed E-state index contributed by atoms with van der Waals surface area (Å²) in [5, 5.41) is 9.40. The van der Waals surface area contributed by atoms with Crippen molar-refractivity contribution in [3.05, 3.63) is 35.4 Å². The number of carboxylic acid groups (broad SMARTS) is 1. The van der Waals surface area contributed by atoms with Gasteiger partial charge in [-0.1, -0.05) is 24.3 Å². The summed E-state index contributed by atoms with van der Waals surface area (Å²) in [6, 6.07) is 6.82. The number of hydrogen-bond acceptors (Lipinski definition) is 3. The van der Waals surface area contributed by atoms with E-state index in [0.717, 1.165) is 11.1 Å². The molecular formula is C15H20N2O3. The molecule has 0 aliphatic carbocycles. The number of nitrogens with zero attached hydrogens (tertiary/aromatic N) is 1. The summed E-state index contributed by atoms with van der Waals surface area (Å²) >= 11 is 0. The smallest absolute Gasteiger partial charge is 0.326 e. The quantitative estimate of drug-likeness (QED) is 0.863. The number of fused-ring (bicyclic) bond motifs is 1. The van der Waals surface area contributed by atoms with Crippen molar-refractivity contribution in [1.82, 2.24) is 4.90 Å². The zero-order valence-corrected chi connectivity index (χ0v) is 11.8. The minimum absolute atomic E-state index is 0.191. The number of carbonyl (C=O) groups excluding carboxylic acids is 1. The van der Waals surface area contributed by atoms with Crippen molar-refractivity contribution in [3.63, 3.8) is 0 Å². The fraction of sp³-hybridized carbons (Fsp3) is 0.467. The fourth-order valence-corrected chi connectivity index (χ4v) is 2.43. The fourth-order valence-electron chi connectivity index (χ4n) is 2.43. The lowest BCUT2D eigenvalue weighted by Crippen LogP contribution is -2.54. The lowest BCUT2D eigenvalue weighted by molar-refractivity contribution is -0.155. The maximum Gasteiger partial charge on any atom is 0.326 e. The van der Waals surface area contributed by atoms with Gasteiger partial charge >= 0.3 is 5.97 Å². The molecular weight excluding hydrogens is 256 g/mol. The Balaban J connectivity index is 2.36. The number of carboxylic acids is 1. The summed E-state index contributed by atoms with van der Waals surface area (Å²) < 4.78 is 0. The molecule has 0 spiro atoms. The second kappa shape index (κ2) is 5.25. The molecule has 5 nitrogen and oxygen atoms in total. The maximum absolute atomic E-state index is 12.6. The highest BCUT2D eigenvalue weighted by Crippen LogP contribution is 2.28. The van der Waals surface area contributed by atoms with Gasteiger partial charge in [-0.05, 0) is 25.0 Å². The Bertz CT molecular complexity index is 540. The Hall–Kier alpha value is -1.88. The van der Waals surface area contributed by atoms with Crippen LogP contribution in [0.1, 0.15) is 25.0 Å². The Kier molecular flexibility index (Phi) is 3.81. The minimum atomic E-state index is -0.972. The molecule has 0 saturated heterocycles. The molecule has 1 aromatic carbocycles. The molecule has 3 N–H and O–H groups in total. The summed E-state index contributed by atoms with van der Waals surface area (Å²) in [6.07, 6.45) is 0.345. The predicted molar refractivity (Wildman–Crippen MR) is 75.0 cm³/mol. The summed E-state index contributed by atoms with van der Waals surface area (Å²) in [5.41, 5.74) is 6.89. The van der Waals surface area contributed by atoms with Gasteiger partial charge in [0, 0.05) is 19.5 Å². The predicted octanol–water partition coefficient (Wildman–Crippen LogP) is 1.01. The average molecular weight is 276 g/mol. The summed E-state index contributed by atoms with van der Waals surface area (Å²) in [5.74, 6) is -1.18. The van der Waals surface area contributed by atoms with E-state index in [9.17, 15) is 14.7 Å². The SMILES string of the molecule is CC(C)(CN)C(=O)N1Cc2ccccc2C[C@H]1C(=O)O. The molecule has 0 saturated carbocycles. The second-order valence-corrected chi connectivity index (χ2v) is 5.85. The number of amides is 1. The molecule has 0 aromatic heterocycles. The van der Waals surface area contributed by atoms with Gasteiger partial charge in [-0.2, -0.15) is 0 Å². The van der Waals surface area contributed by atoms with Crippen molar-refractivity contribution in [3.8, 4) is 0 Å². The van der Waals surface area contributed by atoms with E-state index in [2.05, 4.69) is 0 Å². The van der Waals surface area contributed by atoms with E-state index >= 15 is 0 Å².